The standard InChI is InChI=1S/C22H35NO/c1-4-5-6-7-8-9-10-11-12-13-14-15-16-17-18-19-21-23-22(2,3)20-24-21/h4-9,14-20H2,1-3H3. The molecule has 1 aliphatic rings. The molecule has 0 unspecified atom stereocenters. The van der Waals surface area contributed by atoms with E-state index in [1.165, 1.54) is 57.8 Å². The number of aliphatic imine (C=N–C) groups is 1. The lowest BCUT2D eigenvalue weighted by atomic mass is 10.1. The summed E-state index contributed by atoms with van der Waals surface area (Å²) < 4.78 is 5.60. The van der Waals surface area contributed by atoms with E-state index < -0.39 is 0 Å². The lowest BCUT2D eigenvalue weighted by Crippen LogP contribution is -2.17. The van der Waals surface area contributed by atoms with E-state index in [0.29, 0.717) is 0 Å². The molecule has 134 valence electrons. The van der Waals surface area contributed by atoms with Gasteiger partial charge in [0.1, 0.15) is 6.61 Å². The van der Waals surface area contributed by atoms with Crippen molar-refractivity contribution in [2.45, 2.75) is 103 Å². The highest BCUT2D eigenvalue weighted by atomic mass is 16.5. The normalized spacial score (nSPS) is 14.9. The van der Waals surface area contributed by atoms with Crippen LogP contribution in [0.25, 0.3) is 0 Å². The summed E-state index contributed by atoms with van der Waals surface area (Å²) in [7, 11) is 0. The first kappa shape index (κ1) is 20.6. The lowest BCUT2D eigenvalue weighted by molar-refractivity contribution is 0.273. The van der Waals surface area contributed by atoms with Crippen molar-refractivity contribution in [1.82, 2.24) is 0 Å². The maximum absolute atomic E-state index is 5.60. The van der Waals surface area contributed by atoms with E-state index in [4.69, 9.17) is 4.74 Å². The Bertz CT molecular complexity index is 482. The van der Waals surface area contributed by atoms with Gasteiger partial charge in [0.25, 0.3) is 0 Å². The zero-order chi connectivity index (χ0) is 17.5. The van der Waals surface area contributed by atoms with Gasteiger partial charge in [-0.2, -0.15) is 0 Å². The molecule has 0 atom stereocenters. The van der Waals surface area contributed by atoms with Crippen LogP contribution in [0.1, 0.15) is 97.8 Å². The highest BCUT2D eigenvalue weighted by Gasteiger charge is 2.25. The first-order valence-corrected chi connectivity index (χ1v) is 9.81. The third-order valence-electron chi connectivity index (χ3n) is 4.11. The highest BCUT2D eigenvalue weighted by molar-refractivity contribution is 5.78. The Labute approximate surface area is 149 Å². The number of rotatable bonds is 11. The minimum Gasteiger partial charge on any atom is -0.478 e. The predicted molar refractivity (Wildman–Crippen MR) is 104 cm³/mol. The molecule has 0 amide bonds. The largest absolute Gasteiger partial charge is 0.478 e. The Kier molecular flexibility index (Phi) is 11.1. The highest BCUT2D eigenvalue weighted by Crippen LogP contribution is 2.19. The van der Waals surface area contributed by atoms with Crippen LogP contribution in [0.15, 0.2) is 4.99 Å². The average Bonchev–Trinajstić information content (AvgIpc) is 2.90. The van der Waals surface area contributed by atoms with Crippen molar-refractivity contribution in [3.05, 3.63) is 0 Å². The molecule has 0 saturated heterocycles. The van der Waals surface area contributed by atoms with Crippen LogP contribution in [0.4, 0.5) is 0 Å². The molecule has 2 heteroatoms. The molecule has 0 spiro atoms. The van der Waals surface area contributed by atoms with Gasteiger partial charge in [-0.25, -0.2) is 4.99 Å². The quantitative estimate of drug-likeness (QED) is 0.341. The molecular formula is C22H35NO. The van der Waals surface area contributed by atoms with Gasteiger partial charge < -0.3 is 4.74 Å². The number of nitrogens with zero attached hydrogens (tertiary/aromatic N) is 1. The van der Waals surface area contributed by atoms with Crippen LogP contribution in [0.2, 0.25) is 0 Å². The topological polar surface area (TPSA) is 21.6 Å². The summed E-state index contributed by atoms with van der Waals surface area (Å²) in [4.78, 5) is 4.58. The average molecular weight is 330 g/mol. The van der Waals surface area contributed by atoms with Crippen LogP contribution in [-0.2, 0) is 4.74 Å². The van der Waals surface area contributed by atoms with E-state index in [2.05, 4.69) is 49.4 Å². The van der Waals surface area contributed by atoms with Gasteiger partial charge in [-0.05, 0) is 45.0 Å². The van der Waals surface area contributed by atoms with Crippen molar-refractivity contribution in [3.63, 3.8) is 0 Å². The van der Waals surface area contributed by atoms with Crippen LogP contribution < -0.4 is 0 Å². The summed E-state index contributed by atoms with van der Waals surface area (Å²) in [5.74, 6) is 13.2. The monoisotopic (exact) mass is 329 g/mol. The number of ether oxygens (including phenoxy) is 1. The zero-order valence-corrected chi connectivity index (χ0v) is 16.0. The Hall–Kier alpha value is -1.41. The molecule has 24 heavy (non-hydrogen) atoms. The molecule has 0 aromatic heterocycles. The molecular weight excluding hydrogens is 294 g/mol. The summed E-state index contributed by atoms with van der Waals surface area (Å²) in [5.41, 5.74) is -0.0124. The van der Waals surface area contributed by atoms with Crippen molar-refractivity contribution >= 4 is 5.90 Å². The van der Waals surface area contributed by atoms with Crippen LogP contribution in [0.5, 0.6) is 0 Å². The molecule has 0 aromatic carbocycles. The van der Waals surface area contributed by atoms with Gasteiger partial charge >= 0.3 is 0 Å². The van der Waals surface area contributed by atoms with Gasteiger partial charge in [-0.15, -0.1) is 0 Å². The number of unbranched alkanes of at least 4 members (excludes halogenated alkanes) is 9. The van der Waals surface area contributed by atoms with Crippen LogP contribution in [0, 0.1) is 23.7 Å². The van der Waals surface area contributed by atoms with E-state index in [9.17, 15) is 0 Å². The van der Waals surface area contributed by atoms with Crippen molar-refractivity contribution in [2.24, 2.45) is 4.99 Å². The zero-order valence-electron chi connectivity index (χ0n) is 16.0. The molecule has 0 fully saturated rings. The van der Waals surface area contributed by atoms with E-state index in [-0.39, 0.29) is 5.54 Å². The van der Waals surface area contributed by atoms with Crippen molar-refractivity contribution in [1.29, 1.82) is 0 Å². The molecule has 2 nitrogen and oxygen atoms in total. The third kappa shape index (κ3) is 11.2. The SMILES string of the molecule is CCCCCCCC#CC#CCCCCCCC1=NC(C)(C)CO1. The summed E-state index contributed by atoms with van der Waals surface area (Å²) in [6.07, 6.45) is 14.3. The second-order valence-electron chi connectivity index (χ2n) is 7.29. The summed E-state index contributed by atoms with van der Waals surface area (Å²) in [6, 6.07) is 0. The van der Waals surface area contributed by atoms with Crippen LogP contribution in [-0.4, -0.2) is 18.0 Å². The second-order valence-corrected chi connectivity index (χ2v) is 7.29. The first-order chi connectivity index (χ1) is 11.6. The summed E-state index contributed by atoms with van der Waals surface area (Å²) >= 11 is 0. The third-order valence-corrected chi connectivity index (χ3v) is 4.11. The van der Waals surface area contributed by atoms with Gasteiger partial charge in [-0.1, -0.05) is 57.3 Å². The maximum atomic E-state index is 5.60. The van der Waals surface area contributed by atoms with Gasteiger partial charge in [0.15, 0.2) is 5.90 Å². The molecule has 0 N–H and O–H groups in total. The molecule has 0 radical (unpaired) electrons. The Morgan fingerprint density at radius 3 is 2.00 bits per heavy atom. The molecule has 1 heterocycles. The maximum Gasteiger partial charge on any atom is 0.183 e. The minimum atomic E-state index is -0.0124. The fourth-order valence-corrected chi connectivity index (χ4v) is 2.66. The molecule has 1 aliphatic heterocycles. The van der Waals surface area contributed by atoms with E-state index in [1.807, 2.05) is 0 Å². The molecule has 0 aromatic rings. The molecule has 0 bridgehead atoms. The number of hydrogen-bond donors (Lipinski definition) is 0. The first-order valence-electron chi connectivity index (χ1n) is 9.81. The van der Waals surface area contributed by atoms with Gasteiger partial charge in [-0.3, -0.25) is 0 Å². The fraction of sp³-hybridized carbons (Fsp3) is 0.773. The van der Waals surface area contributed by atoms with Gasteiger partial charge in [0.05, 0.1) is 5.54 Å². The fourth-order valence-electron chi connectivity index (χ4n) is 2.66. The molecule has 1 rings (SSSR count). The van der Waals surface area contributed by atoms with Gasteiger partial charge in [0.2, 0.25) is 0 Å². The molecule has 0 aliphatic carbocycles. The number of hydrogen-bond acceptors (Lipinski definition) is 2. The second kappa shape index (κ2) is 12.9. The smallest absolute Gasteiger partial charge is 0.183 e. The summed E-state index contributed by atoms with van der Waals surface area (Å²) in [5, 5.41) is 0. The van der Waals surface area contributed by atoms with E-state index in [0.717, 1.165) is 31.8 Å². The predicted octanol–water partition coefficient (Wildman–Crippen LogP) is 5.90. The van der Waals surface area contributed by atoms with Crippen molar-refractivity contribution in [3.8, 4) is 23.7 Å². The van der Waals surface area contributed by atoms with E-state index >= 15 is 0 Å². The lowest BCUT2D eigenvalue weighted by Gasteiger charge is -2.07. The van der Waals surface area contributed by atoms with Crippen molar-refractivity contribution in [2.75, 3.05) is 6.61 Å². The van der Waals surface area contributed by atoms with Crippen LogP contribution >= 0.6 is 0 Å². The Balaban J connectivity index is 1.91. The van der Waals surface area contributed by atoms with Gasteiger partial charge in [0, 0.05) is 19.3 Å². The molecule has 0 saturated carbocycles. The van der Waals surface area contributed by atoms with E-state index in [1.54, 1.807) is 0 Å². The Morgan fingerprint density at radius 2 is 1.46 bits per heavy atom. The Morgan fingerprint density at radius 1 is 0.875 bits per heavy atom. The van der Waals surface area contributed by atoms with Crippen LogP contribution in [0.3, 0.4) is 0 Å². The minimum absolute atomic E-state index is 0.0124. The van der Waals surface area contributed by atoms with Crippen molar-refractivity contribution < 1.29 is 4.74 Å². The summed E-state index contributed by atoms with van der Waals surface area (Å²) in [6.45, 7) is 7.22.